The summed E-state index contributed by atoms with van der Waals surface area (Å²) in [4.78, 5) is 21.3. The lowest BCUT2D eigenvalue weighted by Crippen LogP contribution is -2.47. The molecule has 0 bridgehead atoms. The number of fused-ring (bicyclic) bond motifs is 1. The van der Waals surface area contributed by atoms with Gasteiger partial charge in [0.05, 0.1) is 25.3 Å². The lowest BCUT2D eigenvalue weighted by molar-refractivity contribution is -0.344. The van der Waals surface area contributed by atoms with E-state index in [1.807, 2.05) is 12.1 Å². The van der Waals surface area contributed by atoms with Crippen LogP contribution in [-0.4, -0.2) is 46.2 Å². The topological polar surface area (TPSA) is 56.2 Å². The fraction of sp³-hybridized carbons (Fsp3) is 0.214. The Balaban J connectivity index is 1.49. The molecule has 4 aromatic rings. The molecule has 1 N–H and O–H groups in total. The highest BCUT2D eigenvalue weighted by Gasteiger charge is 2.27. The van der Waals surface area contributed by atoms with E-state index in [1.165, 1.54) is 12.1 Å². The van der Waals surface area contributed by atoms with Gasteiger partial charge in [-0.05, 0) is 60.7 Å². The number of hydrogen-bond donors (Lipinski definition) is 0. The van der Waals surface area contributed by atoms with Gasteiger partial charge >= 0.3 is 0 Å². The second-order valence-corrected chi connectivity index (χ2v) is 8.47. The quantitative estimate of drug-likeness (QED) is 0.390. The van der Waals surface area contributed by atoms with E-state index in [0.29, 0.717) is 35.4 Å². The number of hydrogen-bond acceptors (Lipinski definition) is 5. The number of H-pyrrole nitrogens is 1. The Morgan fingerprint density at radius 2 is 1.43 bits per heavy atom. The molecule has 0 spiro atoms. The highest BCUT2D eigenvalue weighted by molar-refractivity contribution is 6.15. The van der Waals surface area contributed by atoms with Gasteiger partial charge in [-0.25, -0.2) is 9.37 Å². The number of halogens is 1. The smallest absolute Gasteiger partial charge is 0.213 e. The number of piperazine rings is 1. The van der Waals surface area contributed by atoms with E-state index >= 15 is 0 Å². The molecule has 7 heteroatoms. The summed E-state index contributed by atoms with van der Waals surface area (Å²) in [6.45, 7) is 2.95. The first-order valence-corrected chi connectivity index (χ1v) is 11.5. The molecule has 1 fully saturated rings. The Kier molecular flexibility index (Phi) is 6.23. The van der Waals surface area contributed by atoms with Crippen LogP contribution in [0.3, 0.4) is 0 Å². The Bertz CT molecular complexity index is 1350. The maximum Gasteiger partial charge on any atom is 0.213 e. The lowest BCUT2D eigenvalue weighted by atomic mass is 9.99. The zero-order chi connectivity index (χ0) is 24.4. The first kappa shape index (κ1) is 22.7. The summed E-state index contributed by atoms with van der Waals surface area (Å²) in [5.41, 5.74) is 3.73. The van der Waals surface area contributed by atoms with E-state index in [-0.39, 0.29) is 11.6 Å². The minimum absolute atomic E-state index is 0.123. The van der Waals surface area contributed by atoms with Crippen molar-refractivity contribution < 1.29 is 23.6 Å². The molecule has 0 saturated carbocycles. The third kappa shape index (κ3) is 4.49. The van der Waals surface area contributed by atoms with Crippen LogP contribution in [0.1, 0.15) is 15.9 Å². The number of carbonyl (C=O) groups excluding carboxylic acids is 1. The van der Waals surface area contributed by atoms with Gasteiger partial charge in [0.2, 0.25) is 11.3 Å². The van der Waals surface area contributed by atoms with Crippen molar-refractivity contribution in [1.82, 2.24) is 0 Å². The Morgan fingerprint density at radius 3 is 2.06 bits per heavy atom. The summed E-state index contributed by atoms with van der Waals surface area (Å²) < 4.78 is 24.8. The SMILES string of the molecule is COc1ccc(C(=O)c2c[nH+]c3ccc(F)cc3c2N2CCN(c3ccc(OC)cc3)CC2)cc1. The van der Waals surface area contributed by atoms with Gasteiger partial charge in [-0.1, -0.05) is 0 Å². The molecular formula is C28H27FN3O3+. The zero-order valence-corrected chi connectivity index (χ0v) is 19.8. The van der Waals surface area contributed by atoms with Gasteiger partial charge < -0.3 is 19.3 Å². The number of aromatic amines is 1. The van der Waals surface area contributed by atoms with E-state index in [0.717, 1.165) is 35.7 Å². The van der Waals surface area contributed by atoms with Crippen molar-refractivity contribution >= 4 is 28.1 Å². The predicted molar refractivity (Wildman–Crippen MR) is 134 cm³/mol. The van der Waals surface area contributed by atoms with E-state index in [2.05, 4.69) is 26.9 Å². The molecule has 0 atom stereocenters. The standard InChI is InChI=1S/C28H26FN3O3/c1-34-22-8-3-19(4-9-22)28(33)25-18-30-26-12-5-20(29)17-24(26)27(25)32-15-13-31(14-16-32)21-6-10-23(35-2)11-7-21/h3-12,17-18H,13-16H2,1-2H3/p+1. The lowest BCUT2D eigenvalue weighted by Gasteiger charge is -2.38. The number of rotatable bonds is 6. The van der Waals surface area contributed by atoms with E-state index in [1.54, 1.807) is 50.7 Å². The molecular weight excluding hydrogens is 445 g/mol. The van der Waals surface area contributed by atoms with Gasteiger partial charge in [0, 0.05) is 43.5 Å². The predicted octanol–water partition coefficient (Wildman–Crippen LogP) is 4.37. The van der Waals surface area contributed by atoms with Crippen molar-refractivity contribution in [3.05, 3.63) is 89.9 Å². The van der Waals surface area contributed by atoms with Gasteiger partial charge in [0.15, 0.2) is 6.20 Å². The third-order valence-electron chi connectivity index (χ3n) is 6.49. The number of nitrogens with zero attached hydrogens (tertiary/aromatic N) is 2. The van der Waals surface area contributed by atoms with Crippen LogP contribution in [0.15, 0.2) is 72.9 Å². The van der Waals surface area contributed by atoms with Crippen molar-refractivity contribution in [2.75, 3.05) is 50.2 Å². The number of benzene rings is 3. The first-order valence-electron chi connectivity index (χ1n) is 11.5. The number of methoxy groups -OCH3 is 2. The molecule has 1 aliphatic rings. The number of ether oxygens (including phenoxy) is 2. The van der Waals surface area contributed by atoms with E-state index < -0.39 is 0 Å². The molecule has 0 unspecified atom stereocenters. The van der Waals surface area contributed by atoms with Crippen LogP contribution in [0, 0.1) is 5.82 Å². The average molecular weight is 473 g/mol. The molecule has 6 nitrogen and oxygen atoms in total. The molecule has 1 aromatic heterocycles. The Labute approximate surface area is 203 Å². The van der Waals surface area contributed by atoms with Crippen LogP contribution in [0.2, 0.25) is 0 Å². The fourth-order valence-electron chi connectivity index (χ4n) is 4.59. The number of carbonyl (C=O) groups is 1. The second-order valence-electron chi connectivity index (χ2n) is 8.47. The molecule has 0 radical (unpaired) electrons. The van der Waals surface area contributed by atoms with Crippen molar-refractivity contribution in [3.8, 4) is 11.5 Å². The van der Waals surface area contributed by atoms with Crippen LogP contribution >= 0.6 is 0 Å². The number of pyridine rings is 1. The summed E-state index contributed by atoms with van der Waals surface area (Å²) in [6, 6.07) is 19.7. The number of nitrogens with one attached hydrogen (secondary N) is 1. The monoisotopic (exact) mass is 472 g/mol. The Morgan fingerprint density at radius 1 is 0.829 bits per heavy atom. The summed E-state index contributed by atoms with van der Waals surface area (Å²) in [6.07, 6.45) is 1.73. The molecule has 2 heterocycles. The normalized spacial score (nSPS) is 13.7. The summed E-state index contributed by atoms with van der Waals surface area (Å²) in [5.74, 6) is 1.05. The first-order chi connectivity index (χ1) is 17.1. The number of aromatic nitrogens is 1. The van der Waals surface area contributed by atoms with Crippen LogP contribution in [-0.2, 0) is 0 Å². The van der Waals surface area contributed by atoms with Gasteiger partial charge in [-0.3, -0.25) is 4.79 Å². The zero-order valence-electron chi connectivity index (χ0n) is 19.8. The molecule has 35 heavy (non-hydrogen) atoms. The van der Waals surface area contributed by atoms with Crippen molar-refractivity contribution in [3.63, 3.8) is 0 Å². The van der Waals surface area contributed by atoms with Gasteiger partial charge in [0.25, 0.3) is 0 Å². The van der Waals surface area contributed by atoms with E-state index in [4.69, 9.17) is 9.47 Å². The van der Waals surface area contributed by atoms with Crippen molar-refractivity contribution in [1.29, 1.82) is 0 Å². The molecule has 0 aliphatic carbocycles. The summed E-state index contributed by atoms with van der Waals surface area (Å²) in [5, 5.41) is 0.697. The Hall–Kier alpha value is -4.13. The van der Waals surface area contributed by atoms with Gasteiger partial charge in [-0.15, -0.1) is 0 Å². The fourth-order valence-corrected chi connectivity index (χ4v) is 4.59. The highest BCUT2D eigenvalue weighted by Crippen LogP contribution is 2.32. The van der Waals surface area contributed by atoms with Crippen LogP contribution < -0.4 is 24.3 Å². The maximum absolute atomic E-state index is 14.3. The summed E-state index contributed by atoms with van der Waals surface area (Å²) >= 11 is 0. The van der Waals surface area contributed by atoms with E-state index in [9.17, 15) is 9.18 Å². The molecule has 3 aromatic carbocycles. The van der Waals surface area contributed by atoms with Crippen LogP contribution in [0.25, 0.3) is 10.9 Å². The molecule has 178 valence electrons. The molecule has 0 amide bonds. The highest BCUT2D eigenvalue weighted by atomic mass is 19.1. The maximum atomic E-state index is 14.3. The van der Waals surface area contributed by atoms with Crippen LogP contribution in [0.4, 0.5) is 15.8 Å². The second kappa shape index (κ2) is 9.62. The minimum Gasteiger partial charge on any atom is -0.497 e. The largest absolute Gasteiger partial charge is 0.497 e. The van der Waals surface area contributed by atoms with Gasteiger partial charge in [0.1, 0.15) is 22.9 Å². The third-order valence-corrected chi connectivity index (χ3v) is 6.49. The molecule has 1 aliphatic heterocycles. The van der Waals surface area contributed by atoms with Crippen LogP contribution in [0.5, 0.6) is 11.5 Å². The number of anilines is 2. The van der Waals surface area contributed by atoms with Crippen molar-refractivity contribution in [2.24, 2.45) is 0 Å². The molecule has 5 rings (SSSR count). The summed E-state index contributed by atoms with van der Waals surface area (Å²) in [7, 11) is 3.25. The minimum atomic E-state index is -0.335. The average Bonchev–Trinajstić information content (AvgIpc) is 2.92. The van der Waals surface area contributed by atoms with Crippen molar-refractivity contribution in [2.45, 2.75) is 0 Å². The molecule has 1 saturated heterocycles. The van der Waals surface area contributed by atoms with Gasteiger partial charge in [-0.2, -0.15) is 0 Å². The number of ketones is 1.